The van der Waals surface area contributed by atoms with Crippen molar-refractivity contribution >= 4 is 25.0 Å². The van der Waals surface area contributed by atoms with Crippen molar-refractivity contribution in [3.8, 4) is 34.8 Å². The van der Waals surface area contributed by atoms with Gasteiger partial charge in [-0.25, -0.2) is 4.68 Å². The van der Waals surface area contributed by atoms with Gasteiger partial charge in [-0.2, -0.15) is 5.10 Å². The highest BCUT2D eigenvalue weighted by Crippen LogP contribution is 2.41. The maximum absolute atomic E-state index is 14.2. The lowest BCUT2D eigenvalue weighted by atomic mass is 9.98. The monoisotopic (exact) mass is 672 g/mol. The van der Waals surface area contributed by atoms with Crippen LogP contribution in [0, 0.1) is 11.8 Å². The number of aliphatic hydroxyl groups is 4. The number of hydrogen-bond donors (Lipinski definition) is 4. The zero-order valence-corrected chi connectivity index (χ0v) is 29.2. The molecule has 1 aliphatic heterocycles. The van der Waals surface area contributed by atoms with E-state index in [0.717, 1.165) is 0 Å². The predicted molar refractivity (Wildman–Crippen MR) is 175 cm³/mol. The van der Waals surface area contributed by atoms with Crippen molar-refractivity contribution in [2.75, 3.05) is 41.7 Å². The number of benzene rings is 2. The third kappa shape index (κ3) is 6.84. The van der Waals surface area contributed by atoms with Crippen molar-refractivity contribution < 1.29 is 53.3 Å². The van der Waals surface area contributed by atoms with Crippen LogP contribution in [0.2, 0.25) is 18.1 Å². The standard InChI is InChI=1S/C33H44N2O11Si/c1-33(2,3)47(8,9)45-14-10-11-19-21(41-4)13-12-20-25(27(37)18-15-22(42-5)31(44-7)23(16-18)43-6)34-35(26(19)20)32-30(40)29(39)28(38)24(17-36)46-32/h12-13,15-16,24,28-30,32,36,38-40H,14,17H2,1-9H3. The van der Waals surface area contributed by atoms with Gasteiger partial charge in [0.2, 0.25) is 11.5 Å². The van der Waals surface area contributed by atoms with Crippen molar-refractivity contribution in [3.63, 3.8) is 0 Å². The lowest BCUT2D eigenvalue weighted by molar-refractivity contribution is -0.252. The highest BCUT2D eigenvalue weighted by Gasteiger charge is 2.46. The fraction of sp³-hybridized carbons (Fsp3) is 0.515. The summed E-state index contributed by atoms with van der Waals surface area (Å²) in [7, 11) is 3.66. The number of aromatic nitrogens is 2. The molecule has 1 aromatic heterocycles. The maximum Gasteiger partial charge on any atom is 0.214 e. The lowest BCUT2D eigenvalue weighted by Crippen LogP contribution is -2.56. The Morgan fingerprint density at radius 2 is 1.57 bits per heavy atom. The Labute approximate surface area is 275 Å². The maximum atomic E-state index is 14.2. The molecule has 0 bridgehead atoms. The molecule has 1 aliphatic rings. The summed E-state index contributed by atoms with van der Waals surface area (Å²) in [5.74, 6) is 6.78. The van der Waals surface area contributed by atoms with Gasteiger partial charge >= 0.3 is 0 Å². The van der Waals surface area contributed by atoms with Gasteiger partial charge in [0, 0.05) is 10.9 Å². The minimum Gasteiger partial charge on any atom is -0.495 e. The van der Waals surface area contributed by atoms with E-state index in [1.54, 1.807) is 12.1 Å². The molecule has 47 heavy (non-hydrogen) atoms. The van der Waals surface area contributed by atoms with Crippen LogP contribution in [-0.4, -0.2) is 110 Å². The van der Waals surface area contributed by atoms with E-state index in [0.29, 0.717) is 22.4 Å². The number of rotatable bonds is 10. The van der Waals surface area contributed by atoms with Gasteiger partial charge in [0.15, 0.2) is 26.0 Å². The van der Waals surface area contributed by atoms with Crippen LogP contribution in [0.1, 0.15) is 48.6 Å². The molecule has 5 unspecified atom stereocenters. The number of hydrogen-bond acceptors (Lipinski definition) is 12. The molecule has 3 aromatic rings. The van der Waals surface area contributed by atoms with E-state index in [1.807, 2.05) is 0 Å². The molecule has 0 amide bonds. The van der Waals surface area contributed by atoms with E-state index < -0.39 is 51.4 Å². The lowest BCUT2D eigenvalue weighted by Gasteiger charge is -2.40. The zero-order valence-electron chi connectivity index (χ0n) is 28.2. The van der Waals surface area contributed by atoms with Gasteiger partial charge in [-0.3, -0.25) is 4.79 Å². The highest BCUT2D eigenvalue weighted by molar-refractivity contribution is 6.74. The second-order valence-corrected chi connectivity index (χ2v) is 17.5. The van der Waals surface area contributed by atoms with Gasteiger partial charge in [0.05, 0.1) is 52.7 Å². The number of ketones is 1. The summed E-state index contributed by atoms with van der Waals surface area (Å²) in [5, 5.41) is 47.0. The first-order valence-corrected chi connectivity index (χ1v) is 17.9. The molecule has 13 nitrogen and oxygen atoms in total. The first-order chi connectivity index (χ1) is 22.1. The minimum atomic E-state index is -2.12. The average Bonchev–Trinajstić information content (AvgIpc) is 3.43. The number of methoxy groups -OCH3 is 4. The predicted octanol–water partition coefficient (Wildman–Crippen LogP) is 2.65. The van der Waals surface area contributed by atoms with Crippen molar-refractivity contribution in [1.29, 1.82) is 0 Å². The van der Waals surface area contributed by atoms with Gasteiger partial charge in [0.1, 0.15) is 35.9 Å². The molecule has 0 saturated carbocycles. The second-order valence-electron chi connectivity index (χ2n) is 12.6. The van der Waals surface area contributed by atoms with E-state index in [1.165, 1.54) is 45.3 Å². The van der Waals surface area contributed by atoms with E-state index in [4.69, 9.17) is 28.1 Å². The van der Waals surface area contributed by atoms with Crippen LogP contribution in [0.3, 0.4) is 0 Å². The summed E-state index contributed by atoms with van der Waals surface area (Å²) in [4.78, 5) is 14.2. The summed E-state index contributed by atoms with van der Waals surface area (Å²) < 4.78 is 35.3. The summed E-state index contributed by atoms with van der Waals surface area (Å²) in [6.45, 7) is 10.1. The van der Waals surface area contributed by atoms with Crippen LogP contribution < -0.4 is 18.9 Å². The third-order valence-electron chi connectivity index (χ3n) is 8.83. The molecule has 256 valence electrons. The van der Waals surface area contributed by atoms with Gasteiger partial charge in [-0.05, 0) is 42.4 Å². The zero-order chi connectivity index (χ0) is 34.8. The molecule has 0 spiro atoms. The molecule has 1 saturated heterocycles. The molecular formula is C33H44N2O11Si. The highest BCUT2D eigenvalue weighted by atomic mass is 28.4. The number of fused-ring (bicyclic) bond motifs is 1. The average molecular weight is 673 g/mol. The molecule has 0 aliphatic carbocycles. The molecule has 0 radical (unpaired) electrons. The first-order valence-electron chi connectivity index (χ1n) is 15.0. The van der Waals surface area contributed by atoms with Gasteiger partial charge in [0.25, 0.3) is 0 Å². The van der Waals surface area contributed by atoms with E-state index in [2.05, 4.69) is 50.8 Å². The molecular weight excluding hydrogens is 628 g/mol. The van der Waals surface area contributed by atoms with Crippen LogP contribution in [0.4, 0.5) is 0 Å². The van der Waals surface area contributed by atoms with Crippen LogP contribution in [-0.2, 0) is 9.16 Å². The van der Waals surface area contributed by atoms with Crippen molar-refractivity contribution in [3.05, 3.63) is 41.1 Å². The number of carbonyl (C=O) groups is 1. The summed E-state index contributed by atoms with van der Waals surface area (Å²) >= 11 is 0. The van der Waals surface area contributed by atoms with Crippen LogP contribution in [0.15, 0.2) is 24.3 Å². The Bertz CT molecular complexity index is 1640. The fourth-order valence-electron chi connectivity index (χ4n) is 5.05. The number of carbonyl (C=O) groups excluding carboxylic acids is 1. The Kier molecular flexibility index (Phi) is 10.9. The molecule has 2 heterocycles. The van der Waals surface area contributed by atoms with Crippen LogP contribution in [0.5, 0.6) is 23.0 Å². The molecule has 5 atom stereocenters. The minimum absolute atomic E-state index is 0.0316. The van der Waals surface area contributed by atoms with Gasteiger partial charge in [-0.1, -0.05) is 32.6 Å². The van der Waals surface area contributed by atoms with E-state index in [-0.39, 0.29) is 39.9 Å². The van der Waals surface area contributed by atoms with Crippen LogP contribution in [0.25, 0.3) is 10.9 Å². The van der Waals surface area contributed by atoms with E-state index in [9.17, 15) is 25.2 Å². The Hall–Kier alpha value is -3.68. The Morgan fingerprint density at radius 1 is 0.957 bits per heavy atom. The SMILES string of the molecule is COc1cc(C(=O)c2nn(C3OC(CO)C(O)C(O)C3O)c3c(C#CCO[Si](C)(C)C(C)(C)C)c(OC)ccc23)cc(OC)c1OC. The number of ether oxygens (including phenoxy) is 5. The largest absolute Gasteiger partial charge is 0.495 e. The van der Waals surface area contributed by atoms with E-state index >= 15 is 0 Å². The smallest absolute Gasteiger partial charge is 0.214 e. The first kappa shape index (κ1) is 36.2. The Balaban J connectivity index is 1.96. The molecule has 2 aromatic carbocycles. The van der Waals surface area contributed by atoms with Crippen molar-refractivity contribution in [2.45, 2.75) is 69.5 Å². The van der Waals surface area contributed by atoms with Gasteiger partial charge < -0.3 is 48.5 Å². The molecule has 1 fully saturated rings. The molecule has 14 heteroatoms. The third-order valence-corrected chi connectivity index (χ3v) is 13.3. The fourth-order valence-corrected chi connectivity index (χ4v) is 5.91. The van der Waals surface area contributed by atoms with Gasteiger partial charge in [-0.15, -0.1) is 0 Å². The van der Waals surface area contributed by atoms with Crippen molar-refractivity contribution in [2.24, 2.45) is 0 Å². The summed E-state index contributed by atoms with van der Waals surface area (Å²) in [6.07, 6.45) is -7.67. The summed E-state index contributed by atoms with van der Waals surface area (Å²) in [5.41, 5.74) is 0.682. The van der Waals surface area contributed by atoms with Crippen LogP contribution >= 0.6 is 0 Å². The second kappa shape index (κ2) is 14.2. The number of aliphatic hydroxyl groups excluding tert-OH is 4. The Morgan fingerprint density at radius 3 is 2.11 bits per heavy atom. The normalized spacial score (nSPS) is 21.6. The quantitative estimate of drug-likeness (QED) is 0.141. The molecule has 4 rings (SSSR count). The van der Waals surface area contributed by atoms with Crippen molar-refractivity contribution in [1.82, 2.24) is 9.78 Å². The number of nitrogens with zero attached hydrogens (tertiary/aromatic N) is 2. The molecule has 4 N–H and O–H groups in total. The summed E-state index contributed by atoms with van der Waals surface area (Å²) in [6, 6.07) is 6.26. The topological polar surface area (TPSA) is 171 Å².